The fourth-order valence-corrected chi connectivity index (χ4v) is 4.13. The molecule has 0 bridgehead atoms. The van der Waals surface area contributed by atoms with Crippen LogP contribution in [0.4, 0.5) is 4.79 Å². The van der Waals surface area contributed by atoms with Crippen LogP contribution in [-0.2, 0) is 20.9 Å². The number of imide groups is 1. The van der Waals surface area contributed by atoms with Crippen LogP contribution in [0.3, 0.4) is 0 Å². The van der Waals surface area contributed by atoms with E-state index in [1.54, 1.807) is 12.1 Å². The molecular weight excluding hydrogens is 510 g/mol. The Hall–Kier alpha value is -3.25. The molecule has 2 aromatic rings. The van der Waals surface area contributed by atoms with Crippen molar-refractivity contribution in [3.05, 3.63) is 50.7 Å². The number of carbonyl (C=O) groups is 4. The number of hydrogen-bond donors (Lipinski definition) is 1. The van der Waals surface area contributed by atoms with Gasteiger partial charge in [0, 0.05) is 0 Å². The van der Waals surface area contributed by atoms with Gasteiger partial charge < -0.3 is 23.7 Å². The molecule has 0 unspecified atom stereocenters. The largest absolute Gasteiger partial charge is 0.493 e. The third-order valence-electron chi connectivity index (χ3n) is 4.13. The number of rotatable bonds is 8. The van der Waals surface area contributed by atoms with Crippen molar-refractivity contribution in [3.8, 4) is 11.5 Å². The summed E-state index contributed by atoms with van der Waals surface area (Å²) in [5.41, 5.74) is 0.521. The van der Waals surface area contributed by atoms with Gasteiger partial charge in [0.2, 0.25) is 5.76 Å². The summed E-state index contributed by atoms with van der Waals surface area (Å²) in [6.07, 6.45) is 1.50. The lowest BCUT2D eigenvalue weighted by atomic mass is 10.2. The van der Waals surface area contributed by atoms with Crippen LogP contribution in [-0.4, -0.2) is 53.9 Å². The van der Waals surface area contributed by atoms with Crippen LogP contribution in [0.25, 0.3) is 6.08 Å². The molecule has 1 saturated heterocycles. The molecule has 10 nitrogen and oxygen atoms in total. The monoisotopic (exact) mass is 525 g/mol. The molecule has 1 aromatic heterocycles. The fraction of sp³-hybridized carbons (Fsp3) is 0.200. The topological polar surface area (TPSA) is 133 Å². The Labute approximate surface area is 194 Å². The Morgan fingerprint density at radius 3 is 2.66 bits per heavy atom. The highest BCUT2D eigenvalue weighted by Gasteiger charge is 2.36. The van der Waals surface area contributed by atoms with Crippen LogP contribution >= 0.6 is 27.7 Å². The molecule has 0 atom stereocenters. The van der Waals surface area contributed by atoms with E-state index in [0.717, 1.165) is 16.7 Å². The molecule has 1 fully saturated rings. The number of aliphatic carboxylic acids is 1. The summed E-state index contributed by atoms with van der Waals surface area (Å²) < 4.78 is 20.8. The minimum Gasteiger partial charge on any atom is -0.493 e. The zero-order valence-electron chi connectivity index (χ0n) is 16.7. The van der Waals surface area contributed by atoms with Gasteiger partial charge in [0.1, 0.15) is 5.76 Å². The van der Waals surface area contributed by atoms with Crippen LogP contribution in [0.5, 0.6) is 11.5 Å². The summed E-state index contributed by atoms with van der Waals surface area (Å²) >= 11 is 4.05. The predicted octanol–water partition coefficient (Wildman–Crippen LogP) is 3.54. The highest BCUT2D eigenvalue weighted by molar-refractivity contribution is 9.10. The van der Waals surface area contributed by atoms with E-state index in [0.29, 0.717) is 10.0 Å². The van der Waals surface area contributed by atoms with E-state index in [4.69, 9.17) is 19.0 Å². The van der Waals surface area contributed by atoms with Crippen molar-refractivity contribution in [1.29, 1.82) is 0 Å². The van der Waals surface area contributed by atoms with E-state index >= 15 is 0 Å². The number of thioether (sulfide) groups is 1. The van der Waals surface area contributed by atoms with Crippen molar-refractivity contribution in [3.63, 3.8) is 0 Å². The van der Waals surface area contributed by atoms with Gasteiger partial charge >= 0.3 is 11.9 Å². The minimum atomic E-state index is -1.15. The molecule has 3 rings (SSSR count). The lowest BCUT2D eigenvalue weighted by molar-refractivity contribution is -0.139. The maximum absolute atomic E-state index is 12.8. The number of carboxylic acids is 1. The molecule has 2 amide bonds. The van der Waals surface area contributed by atoms with Crippen LogP contribution in [0.2, 0.25) is 0 Å². The number of hydrogen-bond acceptors (Lipinski definition) is 9. The lowest BCUT2D eigenvalue weighted by Crippen LogP contribution is -2.27. The number of furan rings is 1. The maximum Gasteiger partial charge on any atom is 0.373 e. The third-order valence-corrected chi connectivity index (χ3v) is 5.62. The van der Waals surface area contributed by atoms with Crippen LogP contribution in [0, 0.1) is 0 Å². The molecule has 1 N–H and O–H groups in total. The Balaban J connectivity index is 1.80. The Morgan fingerprint density at radius 1 is 1.25 bits per heavy atom. The van der Waals surface area contributed by atoms with Crippen molar-refractivity contribution < 1.29 is 42.9 Å². The van der Waals surface area contributed by atoms with Crippen molar-refractivity contribution >= 4 is 56.9 Å². The smallest absolute Gasteiger partial charge is 0.373 e. The number of benzene rings is 1. The van der Waals surface area contributed by atoms with Gasteiger partial charge in [-0.3, -0.25) is 14.5 Å². The van der Waals surface area contributed by atoms with E-state index in [-0.39, 0.29) is 34.5 Å². The van der Waals surface area contributed by atoms with Crippen LogP contribution in [0.15, 0.2) is 38.1 Å². The second-order valence-corrected chi connectivity index (χ2v) is 8.09. The number of amides is 2. The number of esters is 1. The number of ether oxygens (including phenoxy) is 3. The van der Waals surface area contributed by atoms with Crippen molar-refractivity contribution in [1.82, 2.24) is 4.90 Å². The third kappa shape index (κ3) is 5.14. The zero-order chi connectivity index (χ0) is 23.4. The van der Waals surface area contributed by atoms with Gasteiger partial charge in [-0.15, -0.1) is 0 Å². The normalized spacial score (nSPS) is 14.7. The quantitative estimate of drug-likeness (QED) is 0.402. The number of nitrogens with zero attached hydrogens (tertiary/aromatic N) is 1. The molecule has 2 heterocycles. The average molecular weight is 526 g/mol. The van der Waals surface area contributed by atoms with Crippen molar-refractivity contribution in [2.75, 3.05) is 20.8 Å². The van der Waals surface area contributed by atoms with E-state index in [1.807, 2.05) is 0 Å². The summed E-state index contributed by atoms with van der Waals surface area (Å²) in [5, 5.41) is 8.31. The Morgan fingerprint density at radius 2 is 2.00 bits per heavy atom. The van der Waals surface area contributed by atoms with Gasteiger partial charge in [0.25, 0.3) is 11.1 Å². The molecular formula is C20H16BrNO9S. The first-order chi connectivity index (χ1) is 15.2. The summed E-state index contributed by atoms with van der Waals surface area (Å²) in [6, 6.07) is 6.03. The SMILES string of the molecule is COC(=O)c1ccc(CN2C(=O)S/C(=C/c3cc(Br)c(OCC(=O)O)c(OC)c3)C2=O)o1. The Bertz CT molecular complexity index is 1120. The van der Waals surface area contributed by atoms with Gasteiger partial charge in [0.05, 0.1) is 30.1 Å². The van der Waals surface area contributed by atoms with E-state index in [1.165, 1.54) is 32.4 Å². The van der Waals surface area contributed by atoms with Gasteiger partial charge in [0.15, 0.2) is 18.1 Å². The zero-order valence-corrected chi connectivity index (χ0v) is 19.2. The van der Waals surface area contributed by atoms with Crippen LogP contribution in [0.1, 0.15) is 21.9 Å². The standard InChI is InChI=1S/C20H16BrNO9S/c1-28-14-6-10(5-12(21)17(14)30-9-16(23)24)7-15-18(25)22(20(27)32-15)8-11-3-4-13(31-11)19(26)29-2/h3-7H,8-9H2,1-2H3,(H,23,24)/b15-7+. The van der Waals surface area contributed by atoms with E-state index in [9.17, 15) is 19.2 Å². The van der Waals surface area contributed by atoms with Gasteiger partial charge in [-0.1, -0.05) is 0 Å². The summed E-state index contributed by atoms with van der Waals surface area (Å²) in [7, 11) is 2.60. The second kappa shape index (κ2) is 9.92. The fourth-order valence-electron chi connectivity index (χ4n) is 2.71. The summed E-state index contributed by atoms with van der Waals surface area (Å²) in [4.78, 5) is 48.5. The van der Waals surface area contributed by atoms with Gasteiger partial charge in [-0.2, -0.15) is 0 Å². The van der Waals surface area contributed by atoms with E-state index < -0.39 is 29.7 Å². The average Bonchev–Trinajstić information content (AvgIpc) is 3.32. The first-order valence-electron chi connectivity index (χ1n) is 8.88. The molecule has 0 spiro atoms. The van der Waals surface area contributed by atoms with Crippen molar-refractivity contribution in [2.45, 2.75) is 6.54 Å². The molecule has 1 aromatic carbocycles. The summed E-state index contributed by atoms with van der Waals surface area (Å²) in [5.74, 6) is -1.69. The molecule has 1 aliphatic rings. The summed E-state index contributed by atoms with van der Waals surface area (Å²) in [6.45, 7) is -0.703. The van der Waals surface area contributed by atoms with Gasteiger partial charge in [-0.05, 0) is 63.6 Å². The molecule has 0 radical (unpaired) electrons. The predicted molar refractivity (Wildman–Crippen MR) is 115 cm³/mol. The highest BCUT2D eigenvalue weighted by Crippen LogP contribution is 2.39. The van der Waals surface area contributed by atoms with E-state index in [2.05, 4.69) is 20.7 Å². The van der Waals surface area contributed by atoms with Crippen LogP contribution < -0.4 is 9.47 Å². The molecule has 168 valence electrons. The minimum absolute atomic E-state index is 0.0350. The molecule has 0 aliphatic carbocycles. The van der Waals surface area contributed by atoms with Crippen molar-refractivity contribution in [2.24, 2.45) is 0 Å². The maximum atomic E-state index is 12.8. The Kier molecular flexibility index (Phi) is 7.26. The lowest BCUT2D eigenvalue weighted by Gasteiger charge is -2.12. The number of carboxylic acid groups (broad SMARTS) is 1. The molecule has 0 saturated carbocycles. The number of carbonyl (C=O) groups excluding carboxylic acids is 3. The van der Waals surface area contributed by atoms with Gasteiger partial charge in [-0.25, -0.2) is 9.59 Å². The second-order valence-electron chi connectivity index (χ2n) is 6.24. The first-order valence-corrected chi connectivity index (χ1v) is 10.5. The number of halogens is 1. The molecule has 32 heavy (non-hydrogen) atoms. The highest BCUT2D eigenvalue weighted by atomic mass is 79.9. The first kappa shape index (κ1) is 23.4. The number of methoxy groups -OCH3 is 2. The molecule has 12 heteroatoms. The molecule has 1 aliphatic heterocycles.